The predicted molar refractivity (Wildman–Crippen MR) is 112 cm³/mol. The molecule has 27 heavy (non-hydrogen) atoms. The smallest absolute Gasteiger partial charge is 0.160 e. The van der Waals surface area contributed by atoms with Gasteiger partial charge in [0.25, 0.3) is 0 Å². The van der Waals surface area contributed by atoms with Gasteiger partial charge in [-0.05, 0) is 76.2 Å². The number of fused-ring (bicyclic) bond motifs is 3. The summed E-state index contributed by atoms with van der Waals surface area (Å²) in [6, 6.07) is 20.9. The Morgan fingerprint density at radius 1 is 0.630 bits per heavy atom. The van der Waals surface area contributed by atoms with Crippen molar-refractivity contribution in [2.24, 2.45) is 0 Å². The molecule has 0 unspecified atom stereocenters. The Morgan fingerprint density at radius 3 is 1.52 bits per heavy atom. The number of carbonyl (C=O) groups is 2. The number of rotatable bonds is 4. The minimum Gasteiger partial charge on any atom is -0.297 e. The van der Waals surface area contributed by atoms with Crippen LogP contribution in [0.4, 0.5) is 0 Å². The van der Waals surface area contributed by atoms with E-state index in [1.54, 1.807) is 0 Å². The van der Waals surface area contributed by atoms with Gasteiger partial charge in [0.2, 0.25) is 0 Å². The minimum absolute atomic E-state index is 0.754. The van der Waals surface area contributed by atoms with E-state index in [4.69, 9.17) is 0 Å². The second-order valence-corrected chi connectivity index (χ2v) is 8.79. The Morgan fingerprint density at radius 2 is 1.11 bits per heavy atom. The molecule has 0 radical (unpaired) electrons. The standard InChI is InChI=1S/C23H14O2S2/c24-12-18-3-7-22(26-18)14-1-5-20-16(9-14)11-17-10-15(2-6-21(17)20)23-8-4-19(13-25)27-23/h1-10,12-13H,11H2. The molecule has 1 aliphatic rings. The normalized spacial score (nSPS) is 11.9. The number of hydrogen-bond donors (Lipinski definition) is 0. The maximum Gasteiger partial charge on any atom is 0.160 e. The fraction of sp³-hybridized carbons (Fsp3) is 0.0435. The molecule has 0 atom stereocenters. The van der Waals surface area contributed by atoms with Crippen LogP contribution in [0.25, 0.3) is 32.0 Å². The van der Waals surface area contributed by atoms with Crippen LogP contribution in [0.1, 0.15) is 30.5 Å². The van der Waals surface area contributed by atoms with E-state index in [9.17, 15) is 9.59 Å². The lowest BCUT2D eigenvalue weighted by molar-refractivity contribution is 0.111. The molecule has 0 fully saturated rings. The van der Waals surface area contributed by atoms with Crippen molar-refractivity contribution in [3.05, 3.63) is 81.5 Å². The van der Waals surface area contributed by atoms with Gasteiger partial charge in [-0.25, -0.2) is 0 Å². The summed E-state index contributed by atoms with van der Waals surface area (Å²) in [5, 5.41) is 0. The number of carbonyl (C=O) groups excluding carboxylic acids is 2. The van der Waals surface area contributed by atoms with Crippen molar-refractivity contribution in [3.63, 3.8) is 0 Å². The first-order valence-electron chi connectivity index (χ1n) is 8.62. The summed E-state index contributed by atoms with van der Waals surface area (Å²) in [6.07, 6.45) is 2.71. The molecule has 4 heteroatoms. The number of hydrogen-bond acceptors (Lipinski definition) is 4. The van der Waals surface area contributed by atoms with Crippen molar-refractivity contribution in [1.29, 1.82) is 0 Å². The van der Waals surface area contributed by atoms with Crippen LogP contribution in [0.15, 0.2) is 60.7 Å². The van der Waals surface area contributed by atoms with Gasteiger partial charge in [-0.3, -0.25) is 9.59 Å². The first-order valence-corrected chi connectivity index (χ1v) is 10.3. The predicted octanol–water partition coefficient (Wildman–Crippen LogP) is 6.34. The second kappa shape index (κ2) is 6.41. The first kappa shape index (κ1) is 16.4. The zero-order valence-electron chi connectivity index (χ0n) is 14.3. The van der Waals surface area contributed by atoms with Crippen LogP contribution in [-0.2, 0) is 6.42 Å². The Labute approximate surface area is 164 Å². The van der Waals surface area contributed by atoms with Crippen molar-refractivity contribution in [2.45, 2.75) is 6.42 Å². The van der Waals surface area contributed by atoms with Gasteiger partial charge >= 0.3 is 0 Å². The van der Waals surface area contributed by atoms with Crippen molar-refractivity contribution in [2.75, 3.05) is 0 Å². The Balaban J connectivity index is 1.51. The topological polar surface area (TPSA) is 34.1 Å². The maximum atomic E-state index is 10.9. The second-order valence-electron chi connectivity index (χ2n) is 6.56. The largest absolute Gasteiger partial charge is 0.297 e. The van der Waals surface area contributed by atoms with Gasteiger partial charge in [0.05, 0.1) is 9.75 Å². The molecule has 2 nitrogen and oxygen atoms in total. The van der Waals surface area contributed by atoms with Gasteiger partial charge in [0, 0.05) is 9.75 Å². The highest BCUT2D eigenvalue weighted by Crippen LogP contribution is 2.41. The van der Waals surface area contributed by atoms with Gasteiger partial charge in [-0.2, -0.15) is 0 Å². The van der Waals surface area contributed by atoms with Gasteiger partial charge < -0.3 is 0 Å². The summed E-state index contributed by atoms with van der Waals surface area (Å²) < 4.78 is 0. The molecular formula is C23H14O2S2. The summed E-state index contributed by atoms with van der Waals surface area (Å²) in [7, 11) is 0. The molecule has 0 bridgehead atoms. The molecule has 0 saturated carbocycles. The summed E-state index contributed by atoms with van der Waals surface area (Å²) in [6.45, 7) is 0. The summed E-state index contributed by atoms with van der Waals surface area (Å²) in [5.74, 6) is 0. The maximum absolute atomic E-state index is 10.9. The molecule has 0 saturated heterocycles. The van der Waals surface area contributed by atoms with Crippen molar-refractivity contribution < 1.29 is 9.59 Å². The zero-order valence-corrected chi connectivity index (χ0v) is 15.9. The van der Waals surface area contributed by atoms with Gasteiger partial charge in [-0.1, -0.05) is 24.3 Å². The highest BCUT2D eigenvalue weighted by atomic mass is 32.1. The first-order chi connectivity index (χ1) is 13.2. The number of benzene rings is 2. The molecule has 2 heterocycles. The Hall–Kier alpha value is -2.82. The highest BCUT2D eigenvalue weighted by molar-refractivity contribution is 7.17. The average Bonchev–Trinajstić information content (AvgIpc) is 3.44. The third-order valence-corrected chi connectivity index (χ3v) is 7.06. The quantitative estimate of drug-likeness (QED) is 0.338. The SMILES string of the molecule is O=Cc1ccc(-c2ccc3c(c2)Cc2cc(-c4ccc(C=O)s4)ccc2-3)s1. The Bertz CT molecular complexity index is 1100. The molecule has 0 N–H and O–H groups in total. The molecular weight excluding hydrogens is 372 g/mol. The van der Waals surface area contributed by atoms with E-state index >= 15 is 0 Å². The van der Waals surface area contributed by atoms with Gasteiger partial charge in [0.15, 0.2) is 12.6 Å². The third kappa shape index (κ3) is 2.78. The molecule has 0 aliphatic heterocycles. The van der Waals surface area contributed by atoms with Crippen LogP contribution < -0.4 is 0 Å². The average molecular weight is 386 g/mol. The van der Waals surface area contributed by atoms with Crippen LogP contribution in [0.3, 0.4) is 0 Å². The third-order valence-electron chi connectivity index (χ3n) is 4.94. The van der Waals surface area contributed by atoms with Gasteiger partial charge in [0.1, 0.15) is 0 Å². The van der Waals surface area contributed by atoms with Crippen molar-refractivity contribution in [3.8, 4) is 32.0 Å². The molecule has 1 aliphatic carbocycles. The molecule has 2 aromatic heterocycles. The molecule has 130 valence electrons. The number of aldehydes is 2. The Kier molecular flexibility index (Phi) is 3.88. The molecule has 0 spiro atoms. The van der Waals surface area contributed by atoms with Crippen LogP contribution in [0.2, 0.25) is 0 Å². The van der Waals surface area contributed by atoms with Crippen LogP contribution in [0, 0.1) is 0 Å². The van der Waals surface area contributed by atoms with Crippen LogP contribution in [-0.4, -0.2) is 12.6 Å². The van der Waals surface area contributed by atoms with Crippen LogP contribution in [0.5, 0.6) is 0 Å². The van der Waals surface area contributed by atoms with Crippen LogP contribution >= 0.6 is 22.7 Å². The zero-order chi connectivity index (χ0) is 18.4. The summed E-state index contributed by atoms with van der Waals surface area (Å²) >= 11 is 3.05. The molecule has 0 amide bonds. The van der Waals surface area contributed by atoms with E-state index in [0.29, 0.717) is 0 Å². The summed E-state index contributed by atoms with van der Waals surface area (Å²) in [5.41, 5.74) is 7.53. The monoisotopic (exact) mass is 386 g/mol. The molecule has 4 aromatic rings. The lowest BCUT2D eigenvalue weighted by Gasteiger charge is -2.04. The fourth-order valence-corrected chi connectivity index (χ4v) is 5.30. The number of thiophene rings is 2. The fourth-order valence-electron chi connectivity index (χ4n) is 3.66. The van der Waals surface area contributed by atoms with Crippen molar-refractivity contribution >= 4 is 35.2 Å². The van der Waals surface area contributed by atoms with Gasteiger partial charge in [-0.15, -0.1) is 22.7 Å². The lowest BCUT2D eigenvalue weighted by atomic mass is 10.0. The van der Waals surface area contributed by atoms with E-state index in [1.165, 1.54) is 44.9 Å². The van der Waals surface area contributed by atoms with E-state index in [1.807, 2.05) is 24.3 Å². The van der Waals surface area contributed by atoms with E-state index in [2.05, 4.69) is 36.4 Å². The van der Waals surface area contributed by atoms with E-state index < -0.39 is 0 Å². The van der Waals surface area contributed by atoms with E-state index in [0.717, 1.165) is 49.6 Å². The lowest BCUT2D eigenvalue weighted by Crippen LogP contribution is -1.82. The van der Waals surface area contributed by atoms with E-state index in [-0.39, 0.29) is 0 Å². The molecule has 2 aromatic carbocycles. The van der Waals surface area contributed by atoms with Crippen molar-refractivity contribution in [1.82, 2.24) is 0 Å². The molecule has 5 rings (SSSR count). The highest BCUT2D eigenvalue weighted by Gasteiger charge is 2.20. The minimum atomic E-state index is 0.754. The summed E-state index contributed by atoms with van der Waals surface area (Å²) in [4.78, 5) is 25.6.